The van der Waals surface area contributed by atoms with E-state index in [1.54, 1.807) is 0 Å². The topological polar surface area (TPSA) is 63.2 Å². The van der Waals surface area contributed by atoms with Gasteiger partial charge in [0.2, 0.25) is 5.91 Å². The molecular formula is C17H21NO3S. The molecule has 0 aliphatic carbocycles. The zero-order valence-corrected chi connectivity index (χ0v) is 13.9. The molecule has 118 valence electrons. The van der Waals surface area contributed by atoms with E-state index in [4.69, 9.17) is 0 Å². The second kappa shape index (κ2) is 6.48. The number of benzene rings is 2. The van der Waals surface area contributed by atoms with E-state index in [0.29, 0.717) is 6.42 Å². The summed E-state index contributed by atoms with van der Waals surface area (Å²) in [5, 5.41) is 4.07. The van der Waals surface area contributed by atoms with Crippen molar-refractivity contribution in [3.63, 3.8) is 0 Å². The van der Waals surface area contributed by atoms with Crippen molar-refractivity contribution in [3.05, 3.63) is 48.0 Å². The minimum absolute atomic E-state index is 0.127. The Morgan fingerprint density at radius 2 is 1.73 bits per heavy atom. The van der Waals surface area contributed by atoms with E-state index in [1.165, 1.54) is 12.3 Å². The van der Waals surface area contributed by atoms with Gasteiger partial charge in [-0.2, -0.15) is 0 Å². The maximum Gasteiger partial charge on any atom is 0.238 e. The Morgan fingerprint density at radius 3 is 2.36 bits per heavy atom. The number of rotatable bonds is 5. The lowest BCUT2D eigenvalue weighted by Crippen LogP contribution is -2.42. The van der Waals surface area contributed by atoms with Crippen molar-refractivity contribution >= 4 is 26.5 Å². The number of amides is 1. The van der Waals surface area contributed by atoms with E-state index in [-0.39, 0.29) is 6.04 Å². The van der Waals surface area contributed by atoms with Gasteiger partial charge in [-0.25, -0.2) is 8.42 Å². The van der Waals surface area contributed by atoms with Gasteiger partial charge in [-0.05, 0) is 36.6 Å². The van der Waals surface area contributed by atoms with Gasteiger partial charge in [-0.15, -0.1) is 0 Å². The molecule has 0 aliphatic rings. The molecule has 5 heteroatoms. The lowest BCUT2D eigenvalue weighted by Gasteiger charge is -2.17. The third kappa shape index (κ3) is 4.07. The van der Waals surface area contributed by atoms with Gasteiger partial charge in [0.15, 0.2) is 9.84 Å². The second-order valence-electron chi connectivity index (χ2n) is 5.77. The van der Waals surface area contributed by atoms with Crippen molar-refractivity contribution in [1.29, 1.82) is 0 Å². The smallest absolute Gasteiger partial charge is 0.238 e. The van der Waals surface area contributed by atoms with Crippen LogP contribution in [0.5, 0.6) is 0 Å². The van der Waals surface area contributed by atoms with E-state index in [9.17, 15) is 13.2 Å². The highest BCUT2D eigenvalue weighted by atomic mass is 32.2. The number of hydrogen-bond donors (Lipinski definition) is 1. The molecule has 0 bridgehead atoms. The molecule has 2 atom stereocenters. The summed E-state index contributed by atoms with van der Waals surface area (Å²) in [6.45, 7) is 3.29. The maximum absolute atomic E-state index is 11.9. The number of carbonyl (C=O) groups excluding carboxylic acids is 1. The quantitative estimate of drug-likeness (QED) is 0.920. The fraction of sp³-hybridized carbons (Fsp3) is 0.353. The summed E-state index contributed by atoms with van der Waals surface area (Å²) in [7, 11) is -3.36. The van der Waals surface area contributed by atoms with Gasteiger partial charge in [0.05, 0.1) is 0 Å². The molecule has 0 spiro atoms. The van der Waals surface area contributed by atoms with E-state index >= 15 is 0 Å². The van der Waals surface area contributed by atoms with Crippen LogP contribution in [-0.4, -0.2) is 31.9 Å². The van der Waals surface area contributed by atoms with Crippen LogP contribution < -0.4 is 5.32 Å². The molecule has 1 N–H and O–H groups in total. The molecule has 22 heavy (non-hydrogen) atoms. The molecule has 0 aromatic heterocycles. The largest absolute Gasteiger partial charge is 0.352 e. The van der Waals surface area contributed by atoms with E-state index in [1.807, 2.05) is 31.2 Å². The summed E-state index contributed by atoms with van der Waals surface area (Å²) >= 11 is 0. The fourth-order valence-corrected chi connectivity index (χ4v) is 2.78. The second-order valence-corrected chi connectivity index (χ2v) is 8.13. The maximum atomic E-state index is 11.9. The molecular weight excluding hydrogens is 298 g/mol. The highest BCUT2D eigenvalue weighted by Gasteiger charge is 2.24. The zero-order chi connectivity index (χ0) is 16.3. The Bertz CT molecular complexity index is 783. The highest BCUT2D eigenvalue weighted by molar-refractivity contribution is 7.92. The summed E-state index contributed by atoms with van der Waals surface area (Å²) in [5.41, 5.74) is 1.11. The summed E-state index contributed by atoms with van der Waals surface area (Å²) in [6.07, 6.45) is 1.73. The summed E-state index contributed by atoms with van der Waals surface area (Å²) < 4.78 is 22.8. The van der Waals surface area contributed by atoms with Gasteiger partial charge in [-0.3, -0.25) is 4.79 Å². The Kier molecular flexibility index (Phi) is 4.86. The summed E-state index contributed by atoms with van der Waals surface area (Å²) in [5.74, 6) is -0.448. The van der Waals surface area contributed by atoms with Crippen LogP contribution in [0.4, 0.5) is 0 Å². The van der Waals surface area contributed by atoms with Crippen LogP contribution in [0.3, 0.4) is 0 Å². The van der Waals surface area contributed by atoms with Crippen molar-refractivity contribution in [2.45, 2.75) is 31.6 Å². The number of nitrogens with one attached hydrogen (secondary N) is 1. The molecule has 0 aliphatic heterocycles. The molecule has 0 heterocycles. The van der Waals surface area contributed by atoms with Crippen LogP contribution in [0.1, 0.15) is 19.4 Å². The Morgan fingerprint density at radius 1 is 1.09 bits per heavy atom. The van der Waals surface area contributed by atoms with Crippen molar-refractivity contribution < 1.29 is 13.2 Å². The van der Waals surface area contributed by atoms with E-state index < -0.39 is 21.0 Å². The monoisotopic (exact) mass is 319 g/mol. The molecule has 0 saturated carbocycles. The van der Waals surface area contributed by atoms with Crippen LogP contribution in [0.2, 0.25) is 0 Å². The lowest BCUT2D eigenvalue weighted by atomic mass is 10.0. The first-order valence-corrected chi connectivity index (χ1v) is 9.20. The third-order valence-corrected chi connectivity index (χ3v) is 5.25. The molecule has 0 radical (unpaired) electrons. The van der Waals surface area contributed by atoms with Crippen LogP contribution in [0, 0.1) is 0 Å². The van der Waals surface area contributed by atoms with Crippen LogP contribution in [0.25, 0.3) is 10.8 Å². The van der Waals surface area contributed by atoms with Gasteiger partial charge in [0, 0.05) is 12.3 Å². The van der Waals surface area contributed by atoms with Gasteiger partial charge < -0.3 is 5.32 Å². The zero-order valence-electron chi connectivity index (χ0n) is 13.0. The van der Waals surface area contributed by atoms with E-state index in [0.717, 1.165) is 17.2 Å². The summed E-state index contributed by atoms with van der Waals surface area (Å²) in [6, 6.07) is 14.1. The Hall–Kier alpha value is -1.88. The average Bonchev–Trinajstić information content (AvgIpc) is 2.45. The first-order valence-electron chi connectivity index (χ1n) is 7.24. The highest BCUT2D eigenvalue weighted by Crippen LogP contribution is 2.16. The fourth-order valence-electron chi connectivity index (χ4n) is 2.32. The Balaban J connectivity index is 2.04. The number of fused-ring (bicyclic) bond motifs is 1. The van der Waals surface area contributed by atoms with Gasteiger partial charge in [0.25, 0.3) is 0 Å². The number of hydrogen-bond acceptors (Lipinski definition) is 3. The minimum Gasteiger partial charge on any atom is -0.352 e. The SMILES string of the molecule is C[C@H](Cc1ccc2ccccc2c1)NC(=O)[C@@H](C)S(C)(=O)=O. The van der Waals surface area contributed by atoms with Crippen molar-refractivity contribution in [2.75, 3.05) is 6.26 Å². The van der Waals surface area contributed by atoms with Gasteiger partial charge in [-0.1, -0.05) is 42.5 Å². The van der Waals surface area contributed by atoms with Crippen LogP contribution >= 0.6 is 0 Å². The Labute approximate surface area is 131 Å². The molecule has 0 unspecified atom stereocenters. The molecule has 2 rings (SSSR count). The van der Waals surface area contributed by atoms with E-state index in [2.05, 4.69) is 23.5 Å². The minimum atomic E-state index is -3.36. The lowest BCUT2D eigenvalue weighted by molar-refractivity contribution is -0.121. The molecule has 4 nitrogen and oxygen atoms in total. The van der Waals surface area contributed by atoms with Crippen molar-refractivity contribution in [3.8, 4) is 0 Å². The molecule has 2 aromatic carbocycles. The molecule has 0 saturated heterocycles. The molecule has 2 aromatic rings. The van der Waals surface area contributed by atoms with Crippen molar-refractivity contribution in [1.82, 2.24) is 5.32 Å². The third-order valence-electron chi connectivity index (χ3n) is 3.76. The molecule has 0 fully saturated rings. The first-order chi connectivity index (χ1) is 10.3. The van der Waals surface area contributed by atoms with Gasteiger partial charge >= 0.3 is 0 Å². The standard InChI is InChI=1S/C17H21NO3S/c1-12(18-17(19)13(2)22(3,20)21)10-14-8-9-15-6-4-5-7-16(15)11-14/h4-9,11-13H,10H2,1-3H3,(H,18,19)/t12-,13-/m1/s1. The summed E-state index contributed by atoms with van der Waals surface area (Å²) in [4.78, 5) is 11.9. The molecule has 1 amide bonds. The van der Waals surface area contributed by atoms with Crippen LogP contribution in [0.15, 0.2) is 42.5 Å². The van der Waals surface area contributed by atoms with Crippen LogP contribution in [-0.2, 0) is 21.1 Å². The normalized spacial score (nSPS) is 14.5. The van der Waals surface area contributed by atoms with Crippen molar-refractivity contribution in [2.24, 2.45) is 0 Å². The predicted molar refractivity (Wildman–Crippen MR) is 89.6 cm³/mol. The number of sulfone groups is 1. The average molecular weight is 319 g/mol. The van der Waals surface area contributed by atoms with Gasteiger partial charge in [0.1, 0.15) is 5.25 Å². The predicted octanol–water partition coefficient (Wildman–Crippen LogP) is 2.32. The number of carbonyl (C=O) groups is 1. The first kappa shape index (κ1) is 16.5.